The van der Waals surface area contributed by atoms with E-state index in [1.807, 2.05) is 35.9 Å². The van der Waals surface area contributed by atoms with Crippen LogP contribution in [-0.4, -0.2) is 64.5 Å². The zero-order valence-electron chi connectivity index (χ0n) is 17.4. The van der Waals surface area contributed by atoms with Crippen LogP contribution in [0.25, 0.3) is 10.7 Å². The van der Waals surface area contributed by atoms with E-state index in [1.54, 1.807) is 11.3 Å². The van der Waals surface area contributed by atoms with E-state index in [0.29, 0.717) is 16.5 Å². The van der Waals surface area contributed by atoms with E-state index in [4.69, 9.17) is 17.0 Å². The molecule has 2 aromatic heterocycles. The summed E-state index contributed by atoms with van der Waals surface area (Å²) < 4.78 is 7.71. The van der Waals surface area contributed by atoms with E-state index in [2.05, 4.69) is 27.3 Å². The number of carbonyl (C=O) groups excluding carboxylic acids is 1. The number of aromatic amines is 1. The summed E-state index contributed by atoms with van der Waals surface area (Å²) in [6.45, 7) is 10.8. The van der Waals surface area contributed by atoms with Gasteiger partial charge in [0.25, 0.3) is 0 Å². The summed E-state index contributed by atoms with van der Waals surface area (Å²) in [5.41, 5.74) is 0. The van der Waals surface area contributed by atoms with Gasteiger partial charge in [-0.2, -0.15) is 5.10 Å². The fourth-order valence-corrected chi connectivity index (χ4v) is 4.85. The predicted molar refractivity (Wildman–Crippen MR) is 119 cm³/mol. The molecule has 0 radical (unpaired) electrons. The normalized spacial score (nSPS) is 21.2. The molecule has 3 rings (SSSR count). The number of carbonyl (C=O) groups is 1. The zero-order chi connectivity index (χ0) is 20.8. The Kier molecular flexibility index (Phi) is 7.99. The molecule has 0 saturated carbocycles. The average Bonchev–Trinajstić information content (AvgIpc) is 3.36. The Morgan fingerprint density at radius 1 is 1.55 bits per heavy atom. The Morgan fingerprint density at radius 3 is 3.07 bits per heavy atom. The van der Waals surface area contributed by atoms with E-state index < -0.39 is 6.04 Å². The second-order valence-corrected chi connectivity index (χ2v) is 8.94. The molecule has 0 aromatic carbocycles. The molecule has 1 amide bonds. The average molecular weight is 438 g/mol. The topological polar surface area (TPSA) is 75.2 Å². The Labute approximate surface area is 181 Å². The first-order valence-electron chi connectivity index (χ1n) is 10.3. The highest BCUT2D eigenvalue weighted by Crippen LogP contribution is 2.26. The number of likely N-dealkylation sites (tertiary alicyclic amines) is 1. The van der Waals surface area contributed by atoms with Gasteiger partial charge in [-0.15, -0.1) is 11.3 Å². The van der Waals surface area contributed by atoms with Crippen LogP contribution in [-0.2, 0) is 9.53 Å². The lowest BCUT2D eigenvalue weighted by Gasteiger charge is -2.37. The predicted octanol–water partition coefficient (Wildman–Crippen LogP) is 3.48. The maximum Gasteiger partial charge on any atom is 0.243 e. The first-order valence-corrected chi connectivity index (χ1v) is 11.6. The molecule has 0 bridgehead atoms. The summed E-state index contributed by atoms with van der Waals surface area (Å²) in [7, 11) is 0. The van der Waals surface area contributed by atoms with Crippen LogP contribution in [0.1, 0.15) is 39.7 Å². The number of hydrogen-bond donors (Lipinski definition) is 2. The minimum absolute atomic E-state index is 0.0121. The highest BCUT2D eigenvalue weighted by molar-refractivity contribution is 7.71. The first kappa shape index (κ1) is 22.1. The van der Waals surface area contributed by atoms with Gasteiger partial charge in [0, 0.05) is 38.9 Å². The van der Waals surface area contributed by atoms with E-state index in [1.165, 1.54) is 0 Å². The molecule has 1 saturated heterocycles. The van der Waals surface area contributed by atoms with Gasteiger partial charge in [-0.25, -0.2) is 0 Å². The van der Waals surface area contributed by atoms with Crippen molar-refractivity contribution in [1.29, 1.82) is 0 Å². The molecule has 3 unspecified atom stereocenters. The third kappa shape index (κ3) is 5.53. The largest absolute Gasteiger partial charge is 0.382 e. The second-order valence-electron chi connectivity index (χ2n) is 7.61. The minimum atomic E-state index is -0.422. The van der Waals surface area contributed by atoms with Crippen molar-refractivity contribution in [2.75, 3.05) is 32.8 Å². The van der Waals surface area contributed by atoms with Crippen LogP contribution >= 0.6 is 23.6 Å². The summed E-state index contributed by atoms with van der Waals surface area (Å²) in [5.74, 6) is 1.10. The van der Waals surface area contributed by atoms with Crippen molar-refractivity contribution in [1.82, 2.24) is 25.0 Å². The summed E-state index contributed by atoms with van der Waals surface area (Å²) in [6.07, 6.45) is 2.02. The number of aromatic nitrogens is 3. The third-order valence-corrected chi connectivity index (χ3v) is 6.65. The number of rotatable bonds is 9. The number of amides is 1. The Balaban J connectivity index is 1.57. The van der Waals surface area contributed by atoms with E-state index >= 15 is 0 Å². The lowest BCUT2D eigenvalue weighted by atomic mass is 9.93. The fourth-order valence-electron chi connectivity index (χ4n) is 3.85. The van der Waals surface area contributed by atoms with Gasteiger partial charge in [0.1, 0.15) is 6.04 Å². The monoisotopic (exact) mass is 437 g/mol. The van der Waals surface area contributed by atoms with Crippen molar-refractivity contribution in [3.63, 3.8) is 0 Å². The summed E-state index contributed by atoms with van der Waals surface area (Å²) in [4.78, 5) is 16.5. The first-order chi connectivity index (χ1) is 14.0. The van der Waals surface area contributed by atoms with Crippen LogP contribution in [0.4, 0.5) is 0 Å². The van der Waals surface area contributed by atoms with Crippen molar-refractivity contribution in [2.24, 2.45) is 5.92 Å². The Hall–Kier alpha value is -1.55. The van der Waals surface area contributed by atoms with Gasteiger partial charge in [-0.05, 0) is 56.3 Å². The van der Waals surface area contributed by atoms with Gasteiger partial charge in [0.05, 0.1) is 4.88 Å². The molecular formula is C20H31N5O2S2. The molecule has 2 N–H and O–H groups in total. The molecule has 160 valence electrons. The van der Waals surface area contributed by atoms with Gasteiger partial charge in [-0.1, -0.05) is 13.0 Å². The van der Waals surface area contributed by atoms with Crippen molar-refractivity contribution in [3.05, 3.63) is 22.3 Å². The number of piperidine rings is 1. The third-order valence-electron chi connectivity index (χ3n) is 5.50. The van der Waals surface area contributed by atoms with Crippen molar-refractivity contribution in [3.8, 4) is 10.7 Å². The molecule has 1 aliphatic heterocycles. The number of H-pyrrole nitrogens is 1. The number of nitrogens with zero attached hydrogens (tertiary/aromatic N) is 3. The van der Waals surface area contributed by atoms with E-state index in [9.17, 15) is 4.79 Å². The lowest BCUT2D eigenvalue weighted by molar-refractivity contribution is -0.125. The van der Waals surface area contributed by atoms with Crippen molar-refractivity contribution < 1.29 is 9.53 Å². The van der Waals surface area contributed by atoms with Gasteiger partial charge in [0.2, 0.25) is 5.91 Å². The van der Waals surface area contributed by atoms with Gasteiger partial charge in [-0.3, -0.25) is 14.5 Å². The van der Waals surface area contributed by atoms with Gasteiger partial charge in [0.15, 0.2) is 10.6 Å². The van der Waals surface area contributed by atoms with Crippen LogP contribution < -0.4 is 5.32 Å². The summed E-state index contributed by atoms with van der Waals surface area (Å²) in [5, 5.41) is 12.4. The molecule has 7 nitrogen and oxygen atoms in total. The second kappa shape index (κ2) is 10.5. The molecule has 0 aliphatic carbocycles. The fraction of sp³-hybridized carbons (Fsp3) is 0.650. The molecule has 9 heteroatoms. The summed E-state index contributed by atoms with van der Waals surface area (Å²) >= 11 is 6.98. The SMILES string of the molecule is CCOCCCN1CCC(NC(=O)C(C)n2c(-c3cccs3)n[nH]c2=S)C(C)C1. The number of nitrogens with one attached hydrogen (secondary N) is 2. The van der Waals surface area contributed by atoms with Crippen LogP contribution in [0.2, 0.25) is 0 Å². The van der Waals surface area contributed by atoms with E-state index in [-0.39, 0.29) is 11.9 Å². The molecule has 1 aliphatic rings. The van der Waals surface area contributed by atoms with Crippen LogP contribution in [0, 0.1) is 10.7 Å². The smallest absolute Gasteiger partial charge is 0.243 e. The van der Waals surface area contributed by atoms with Crippen molar-refractivity contribution >= 4 is 29.5 Å². The zero-order valence-corrected chi connectivity index (χ0v) is 19.0. The molecule has 3 atom stereocenters. The molecule has 0 spiro atoms. The lowest BCUT2D eigenvalue weighted by Crippen LogP contribution is -2.51. The van der Waals surface area contributed by atoms with E-state index in [0.717, 1.165) is 50.6 Å². The molecule has 1 fully saturated rings. The highest BCUT2D eigenvalue weighted by Gasteiger charge is 2.29. The maximum atomic E-state index is 13.0. The molecule has 2 aromatic rings. The molecule has 29 heavy (non-hydrogen) atoms. The minimum Gasteiger partial charge on any atom is -0.382 e. The van der Waals surface area contributed by atoms with Crippen LogP contribution in [0.5, 0.6) is 0 Å². The van der Waals surface area contributed by atoms with Crippen LogP contribution in [0.15, 0.2) is 17.5 Å². The highest BCUT2D eigenvalue weighted by atomic mass is 32.1. The van der Waals surface area contributed by atoms with Gasteiger partial charge < -0.3 is 15.0 Å². The standard InChI is InChI=1S/C20H31N5O2S2/c1-4-27-11-6-9-24-10-8-16(14(2)13-24)21-19(26)15(3)25-18(22-23-20(25)28)17-7-5-12-29-17/h5,7,12,14-16H,4,6,8-11,13H2,1-3H3,(H,21,26)(H,23,28). The van der Waals surface area contributed by atoms with Gasteiger partial charge >= 0.3 is 0 Å². The Bertz CT molecular complexity index is 832. The Morgan fingerprint density at radius 2 is 2.38 bits per heavy atom. The number of hydrogen-bond acceptors (Lipinski definition) is 6. The number of ether oxygens (including phenoxy) is 1. The maximum absolute atomic E-state index is 13.0. The molecular weight excluding hydrogens is 406 g/mol. The summed E-state index contributed by atoms with van der Waals surface area (Å²) in [6, 6.07) is 3.71. The molecule has 3 heterocycles. The van der Waals surface area contributed by atoms with Crippen molar-refractivity contribution in [2.45, 2.75) is 45.7 Å². The quantitative estimate of drug-likeness (QED) is 0.464. The van der Waals surface area contributed by atoms with Crippen LogP contribution in [0.3, 0.4) is 0 Å². The number of thiophene rings is 1.